The second kappa shape index (κ2) is 12.3. The average Bonchev–Trinajstić information content (AvgIpc) is 3.15. The van der Waals surface area contributed by atoms with E-state index >= 15 is 0 Å². The highest BCUT2D eigenvalue weighted by Crippen LogP contribution is 2.44. The van der Waals surface area contributed by atoms with Crippen LogP contribution in [0.15, 0.2) is 48.5 Å². The number of alkyl halides is 2. The average molecular weight is 489 g/mol. The first-order valence-electron chi connectivity index (χ1n) is 11.7. The van der Waals surface area contributed by atoms with Crippen LogP contribution >= 0.6 is 0 Å². The van der Waals surface area contributed by atoms with E-state index in [1.165, 1.54) is 4.90 Å². The maximum atomic E-state index is 13.6. The maximum Gasteiger partial charge on any atom is 0.407 e. The van der Waals surface area contributed by atoms with Crippen LogP contribution in [0.25, 0.3) is 11.1 Å². The number of fused-ring (bicyclic) bond motifs is 3. The molecule has 1 atom stereocenters. The van der Waals surface area contributed by atoms with Gasteiger partial charge in [-0.05, 0) is 42.0 Å². The lowest BCUT2D eigenvalue weighted by atomic mass is 9.98. The molecule has 0 saturated carbocycles. The van der Waals surface area contributed by atoms with Crippen LogP contribution in [0.3, 0.4) is 0 Å². The summed E-state index contributed by atoms with van der Waals surface area (Å²) in [5, 5.41) is 10.8. The summed E-state index contributed by atoms with van der Waals surface area (Å²) in [7, 11) is 0. The van der Waals surface area contributed by atoms with Gasteiger partial charge in [0.1, 0.15) is 12.6 Å². The van der Waals surface area contributed by atoms with Crippen LogP contribution in [0.4, 0.5) is 13.6 Å². The highest BCUT2D eigenvalue weighted by atomic mass is 19.3. The molecule has 7 nitrogen and oxygen atoms in total. The first kappa shape index (κ1) is 26.1. The Kier molecular flexibility index (Phi) is 9.17. The molecule has 35 heavy (non-hydrogen) atoms. The monoisotopic (exact) mass is 488 g/mol. The van der Waals surface area contributed by atoms with Gasteiger partial charge in [0.05, 0.1) is 6.42 Å². The third kappa shape index (κ3) is 6.77. The number of halogens is 2. The van der Waals surface area contributed by atoms with Gasteiger partial charge >= 0.3 is 12.1 Å². The molecule has 0 bridgehead atoms. The number of nitrogens with one attached hydrogen (secondary N) is 1. The molecule has 2 aromatic rings. The lowest BCUT2D eigenvalue weighted by molar-refractivity contribution is -0.137. The lowest BCUT2D eigenvalue weighted by Crippen LogP contribution is -2.45. The number of carboxylic acids is 1. The van der Waals surface area contributed by atoms with Gasteiger partial charge in [0.2, 0.25) is 5.91 Å². The number of hydrogen-bond donors (Lipinski definition) is 2. The van der Waals surface area contributed by atoms with Crippen molar-refractivity contribution in [1.29, 1.82) is 0 Å². The van der Waals surface area contributed by atoms with E-state index in [4.69, 9.17) is 9.84 Å². The van der Waals surface area contributed by atoms with Gasteiger partial charge in [0.25, 0.3) is 6.43 Å². The molecule has 2 N–H and O–H groups in total. The number of ether oxygens (including phenoxy) is 1. The minimum atomic E-state index is -2.95. The number of carboxylic acid groups (broad SMARTS) is 1. The van der Waals surface area contributed by atoms with E-state index in [0.717, 1.165) is 22.3 Å². The molecular weight excluding hydrogens is 458 g/mol. The lowest BCUT2D eigenvalue weighted by Gasteiger charge is -2.24. The van der Waals surface area contributed by atoms with Crippen LogP contribution in [0.1, 0.15) is 49.7 Å². The van der Waals surface area contributed by atoms with E-state index < -0.39 is 36.9 Å². The van der Waals surface area contributed by atoms with Crippen molar-refractivity contribution in [2.45, 2.75) is 51.0 Å². The highest BCUT2D eigenvalue weighted by molar-refractivity contribution is 5.79. The zero-order valence-corrected chi connectivity index (χ0v) is 19.6. The van der Waals surface area contributed by atoms with Gasteiger partial charge in [-0.3, -0.25) is 9.59 Å². The van der Waals surface area contributed by atoms with Gasteiger partial charge in [-0.1, -0.05) is 48.5 Å². The van der Waals surface area contributed by atoms with Crippen LogP contribution in [-0.4, -0.2) is 60.1 Å². The van der Waals surface area contributed by atoms with Crippen molar-refractivity contribution < 1.29 is 33.0 Å². The van der Waals surface area contributed by atoms with E-state index in [0.29, 0.717) is 19.4 Å². The Hall–Kier alpha value is -3.49. The molecule has 0 radical (unpaired) electrons. The Morgan fingerprint density at radius 2 is 1.63 bits per heavy atom. The van der Waals surface area contributed by atoms with Gasteiger partial charge in [0, 0.05) is 25.4 Å². The van der Waals surface area contributed by atoms with Gasteiger partial charge in [-0.2, -0.15) is 0 Å². The summed E-state index contributed by atoms with van der Waals surface area (Å²) in [4.78, 5) is 36.9. The maximum absolute atomic E-state index is 13.6. The molecule has 0 aliphatic heterocycles. The zero-order valence-electron chi connectivity index (χ0n) is 19.6. The molecule has 0 saturated heterocycles. The molecule has 1 aliphatic carbocycles. The summed E-state index contributed by atoms with van der Waals surface area (Å²) in [6, 6.07) is 13.9. The van der Waals surface area contributed by atoms with Crippen molar-refractivity contribution in [3.8, 4) is 11.1 Å². The molecule has 188 valence electrons. The van der Waals surface area contributed by atoms with Gasteiger partial charge in [-0.15, -0.1) is 0 Å². The molecule has 0 fully saturated rings. The molecule has 1 aliphatic rings. The van der Waals surface area contributed by atoms with Gasteiger partial charge < -0.3 is 20.1 Å². The Balaban J connectivity index is 1.56. The number of aliphatic carboxylic acids is 1. The number of unbranched alkanes of at least 4 members (excludes halogenated alkanes) is 1. The molecule has 0 heterocycles. The predicted octanol–water partition coefficient (Wildman–Crippen LogP) is 4.65. The standard InChI is InChI=1S/C26H30F2N2O5/c1-2-30(14-8-7-13-24(32)33)23(31)15-22(25(27)28)29-26(34)35-16-21-19-11-5-3-9-17(19)18-10-4-6-12-20(18)21/h3-6,9-12,21-22,25H,2,7-8,13-16H2,1H3,(H,29,34)(H,32,33). The van der Waals surface area contributed by atoms with Crippen LogP contribution < -0.4 is 5.32 Å². The Labute approximate surface area is 203 Å². The molecular formula is C26H30F2N2O5. The van der Waals surface area contributed by atoms with Crippen LogP contribution in [0.2, 0.25) is 0 Å². The zero-order chi connectivity index (χ0) is 25.4. The third-order valence-corrected chi connectivity index (χ3v) is 6.15. The number of benzene rings is 2. The quantitative estimate of drug-likeness (QED) is 0.424. The molecule has 2 aromatic carbocycles. The van der Waals surface area contributed by atoms with E-state index in [9.17, 15) is 23.2 Å². The number of nitrogens with zero attached hydrogens (tertiary/aromatic N) is 1. The highest BCUT2D eigenvalue weighted by Gasteiger charge is 2.31. The predicted molar refractivity (Wildman–Crippen MR) is 126 cm³/mol. The SMILES string of the molecule is CCN(CCCCC(=O)O)C(=O)CC(NC(=O)OCC1c2ccccc2-c2ccccc21)C(F)F. The second-order valence-electron chi connectivity index (χ2n) is 8.44. The van der Waals surface area contributed by atoms with Crippen LogP contribution in [0.5, 0.6) is 0 Å². The fourth-order valence-corrected chi connectivity index (χ4v) is 4.35. The van der Waals surface area contributed by atoms with Crippen molar-refractivity contribution in [2.24, 2.45) is 0 Å². The fourth-order valence-electron chi connectivity index (χ4n) is 4.35. The minimum Gasteiger partial charge on any atom is -0.481 e. The molecule has 9 heteroatoms. The van der Waals surface area contributed by atoms with E-state index in [1.807, 2.05) is 48.5 Å². The Morgan fingerprint density at radius 1 is 1.03 bits per heavy atom. The van der Waals surface area contributed by atoms with Crippen molar-refractivity contribution in [3.05, 3.63) is 59.7 Å². The van der Waals surface area contributed by atoms with Gasteiger partial charge in [-0.25, -0.2) is 13.6 Å². The first-order valence-corrected chi connectivity index (χ1v) is 11.7. The molecule has 0 spiro atoms. The normalized spacial score (nSPS) is 13.1. The third-order valence-electron chi connectivity index (χ3n) is 6.15. The summed E-state index contributed by atoms with van der Waals surface area (Å²) in [6.45, 7) is 2.26. The number of alkyl carbamates (subject to hydrolysis) is 1. The Bertz CT molecular complexity index is 1000. The molecule has 2 amide bonds. The summed E-state index contributed by atoms with van der Waals surface area (Å²) in [5.74, 6) is -1.67. The summed E-state index contributed by atoms with van der Waals surface area (Å²) in [5.41, 5.74) is 4.11. The second-order valence-corrected chi connectivity index (χ2v) is 8.44. The minimum absolute atomic E-state index is 0.0191. The summed E-state index contributed by atoms with van der Waals surface area (Å²) in [6.07, 6.45) is -3.72. The van der Waals surface area contributed by atoms with Gasteiger partial charge in [0.15, 0.2) is 0 Å². The number of rotatable bonds is 12. The smallest absolute Gasteiger partial charge is 0.407 e. The number of carbonyl (C=O) groups is 3. The van der Waals surface area contributed by atoms with Crippen molar-refractivity contribution in [3.63, 3.8) is 0 Å². The fraction of sp³-hybridized carbons (Fsp3) is 0.423. The summed E-state index contributed by atoms with van der Waals surface area (Å²) < 4.78 is 32.6. The molecule has 0 aromatic heterocycles. The number of hydrogen-bond acceptors (Lipinski definition) is 4. The van der Waals surface area contributed by atoms with Crippen molar-refractivity contribution in [2.75, 3.05) is 19.7 Å². The number of amides is 2. The Morgan fingerprint density at radius 3 is 2.17 bits per heavy atom. The van der Waals surface area contributed by atoms with Crippen molar-refractivity contribution in [1.82, 2.24) is 10.2 Å². The van der Waals surface area contributed by atoms with E-state index in [2.05, 4.69) is 5.32 Å². The largest absolute Gasteiger partial charge is 0.481 e. The molecule has 1 unspecified atom stereocenters. The summed E-state index contributed by atoms with van der Waals surface area (Å²) >= 11 is 0. The van der Waals surface area contributed by atoms with E-state index in [1.54, 1.807) is 6.92 Å². The van der Waals surface area contributed by atoms with Crippen LogP contribution in [0, 0.1) is 0 Å². The molecule has 3 rings (SSSR count). The van der Waals surface area contributed by atoms with E-state index in [-0.39, 0.29) is 25.5 Å². The van der Waals surface area contributed by atoms with Crippen LogP contribution in [-0.2, 0) is 14.3 Å². The van der Waals surface area contributed by atoms with Crippen molar-refractivity contribution >= 4 is 18.0 Å². The topological polar surface area (TPSA) is 95.9 Å². The first-order chi connectivity index (χ1) is 16.8. The number of carbonyl (C=O) groups excluding carboxylic acids is 2.